The molecule has 7 heteroatoms. The maximum Gasteiger partial charge on any atom is 0.269 e. The molecule has 4 aromatic carbocycles. The van der Waals surface area contributed by atoms with Crippen molar-refractivity contribution < 1.29 is 19.3 Å². The van der Waals surface area contributed by atoms with Crippen molar-refractivity contribution >= 4 is 33.8 Å². The van der Waals surface area contributed by atoms with Gasteiger partial charge in [-0.3, -0.25) is 29.4 Å². The maximum absolute atomic E-state index is 14.6. The maximum atomic E-state index is 14.6. The molecule has 2 aliphatic carbocycles. The number of hydrogen-bond donors (Lipinski definition) is 0. The predicted octanol–water partition coefficient (Wildman–Crippen LogP) is 4.93. The van der Waals surface area contributed by atoms with E-state index < -0.39 is 33.4 Å². The summed E-state index contributed by atoms with van der Waals surface area (Å²) in [7, 11) is 1.77. The molecular formula is C30H20N2O5. The number of nitrogens with zero attached hydrogens (tertiary/aromatic N) is 2. The third-order valence-electron chi connectivity index (χ3n) is 8.61. The van der Waals surface area contributed by atoms with Crippen molar-refractivity contribution in [1.29, 1.82) is 0 Å². The number of ketones is 3. The molecule has 37 heavy (non-hydrogen) atoms. The fourth-order valence-corrected chi connectivity index (χ4v) is 7.28. The third kappa shape index (κ3) is 2.29. The van der Waals surface area contributed by atoms with Crippen LogP contribution >= 0.6 is 0 Å². The van der Waals surface area contributed by atoms with E-state index in [9.17, 15) is 24.5 Å². The topological polar surface area (TPSA) is 97.6 Å². The van der Waals surface area contributed by atoms with Crippen molar-refractivity contribution in [1.82, 2.24) is 4.90 Å². The van der Waals surface area contributed by atoms with Crippen LogP contribution in [-0.2, 0) is 5.54 Å². The average Bonchev–Trinajstić information content (AvgIpc) is 3.44. The number of likely N-dealkylation sites (N-methyl/N-ethyl adjacent to an activating group) is 1. The van der Waals surface area contributed by atoms with Gasteiger partial charge in [0.1, 0.15) is 11.0 Å². The van der Waals surface area contributed by atoms with E-state index in [1.165, 1.54) is 12.1 Å². The quantitative estimate of drug-likeness (QED) is 0.225. The monoisotopic (exact) mass is 488 g/mol. The number of nitro benzene ring substituents is 1. The van der Waals surface area contributed by atoms with Crippen molar-refractivity contribution in [2.45, 2.75) is 11.5 Å². The van der Waals surface area contributed by atoms with E-state index in [-0.39, 0.29) is 29.1 Å². The number of nitro groups is 1. The molecule has 0 radical (unpaired) electrons. The zero-order valence-corrected chi connectivity index (χ0v) is 19.8. The Morgan fingerprint density at radius 2 is 1.43 bits per heavy atom. The van der Waals surface area contributed by atoms with Gasteiger partial charge in [0, 0.05) is 41.3 Å². The zero-order chi connectivity index (χ0) is 25.7. The van der Waals surface area contributed by atoms with Gasteiger partial charge < -0.3 is 0 Å². The Bertz CT molecular complexity index is 1700. The van der Waals surface area contributed by atoms with Crippen LogP contribution in [0.25, 0.3) is 10.8 Å². The van der Waals surface area contributed by atoms with Crippen molar-refractivity contribution in [2.75, 3.05) is 13.6 Å². The van der Waals surface area contributed by atoms with E-state index in [1.807, 2.05) is 35.2 Å². The molecule has 7 nitrogen and oxygen atoms in total. The second-order valence-corrected chi connectivity index (χ2v) is 10.0. The Hall–Kier alpha value is -4.49. The first-order valence-corrected chi connectivity index (χ1v) is 12.1. The molecular weight excluding hydrogens is 468 g/mol. The third-order valence-corrected chi connectivity index (χ3v) is 8.61. The molecule has 2 spiro atoms. The summed E-state index contributed by atoms with van der Waals surface area (Å²) >= 11 is 0. The highest BCUT2D eigenvalue weighted by molar-refractivity contribution is 6.36. The summed E-state index contributed by atoms with van der Waals surface area (Å²) < 4.78 is 0. The number of Topliss-reactive ketones (excluding diaryl/α,β-unsaturated/α-hetero) is 3. The molecule has 1 heterocycles. The molecule has 7 rings (SSSR count). The van der Waals surface area contributed by atoms with E-state index >= 15 is 0 Å². The minimum Gasteiger partial charge on any atom is -0.293 e. The van der Waals surface area contributed by atoms with Gasteiger partial charge in [-0.15, -0.1) is 0 Å². The fourth-order valence-electron chi connectivity index (χ4n) is 7.28. The number of rotatable bonds is 2. The highest BCUT2D eigenvalue weighted by Crippen LogP contribution is 2.67. The number of fused-ring (bicyclic) bond motifs is 3. The van der Waals surface area contributed by atoms with Crippen LogP contribution in [0.3, 0.4) is 0 Å². The van der Waals surface area contributed by atoms with Crippen molar-refractivity contribution in [2.24, 2.45) is 5.41 Å². The summed E-state index contributed by atoms with van der Waals surface area (Å²) in [5, 5.41) is 13.2. The first-order chi connectivity index (χ1) is 17.8. The van der Waals surface area contributed by atoms with Gasteiger partial charge in [-0.1, -0.05) is 72.8 Å². The first-order valence-electron chi connectivity index (χ1n) is 12.1. The molecule has 1 fully saturated rings. The summed E-state index contributed by atoms with van der Waals surface area (Å²) in [5.74, 6) is -1.89. The number of carbonyl (C=O) groups is 3. The molecule has 1 saturated heterocycles. The highest BCUT2D eigenvalue weighted by atomic mass is 16.6. The van der Waals surface area contributed by atoms with Crippen molar-refractivity contribution in [3.05, 3.63) is 123 Å². The number of carbonyl (C=O) groups excluding carboxylic acids is 3. The smallest absolute Gasteiger partial charge is 0.269 e. The minimum absolute atomic E-state index is 0.130. The van der Waals surface area contributed by atoms with Gasteiger partial charge in [-0.25, -0.2) is 0 Å². The number of likely N-dealkylation sites (tertiary alicyclic amines) is 1. The Balaban J connectivity index is 1.61. The molecule has 4 aromatic rings. The summed E-state index contributed by atoms with van der Waals surface area (Å²) in [5.41, 5.74) is -1.35. The lowest BCUT2D eigenvalue weighted by molar-refractivity contribution is -0.384. The number of hydrogen-bond acceptors (Lipinski definition) is 6. The highest BCUT2D eigenvalue weighted by Gasteiger charge is 2.78. The largest absolute Gasteiger partial charge is 0.293 e. The Kier molecular flexibility index (Phi) is 4.15. The lowest BCUT2D eigenvalue weighted by Crippen LogP contribution is -2.59. The van der Waals surface area contributed by atoms with Crippen LogP contribution in [0.15, 0.2) is 84.9 Å². The lowest BCUT2D eigenvalue weighted by atomic mass is 9.57. The van der Waals surface area contributed by atoms with Gasteiger partial charge in [-0.05, 0) is 28.9 Å². The van der Waals surface area contributed by atoms with Gasteiger partial charge in [0.25, 0.3) is 5.69 Å². The summed E-state index contributed by atoms with van der Waals surface area (Å²) in [4.78, 5) is 56.8. The molecule has 0 N–H and O–H groups in total. The number of benzene rings is 4. The van der Waals surface area contributed by atoms with Gasteiger partial charge >= 0.3 is 0 Å². The van der Waals surface area contributed by atoms with Crippen LogP contribution in [0.1, 0.15) is 48.1 Å². The predicted molar refractivity (Wildman–Crippen MR) is 136 cm³/mol. The molecule has 0 bridgehead atoms. The fraction of sp³-hybridized carbons (Fsp3) is 0.167. The van der Waals surface area contributed by atoms with Crippen LogP contribution in [0.5, 0.6) is 0 Å². The van der Waals surface area contributed by atoms with E-state index in [2.05, 4.69) is 0 Å². The van der Waals surface area contributed by atoms with Gasteiger partial charge in [0.05, 0.1) is 4.92 Å². The summed E-state index contributed by atoms with van der Waals surface area (Å²) in [6.07, 6.45) is 0. The van der Waals surface area contributed by atoms with Crippen LogP contribution in [-0.4, -0.2) is 40.8 Å². The summed E-state index contributed by atoms with van der Waals surface area (Å²) in [6.45, 7) is 0.197. The molecule has 0 amide bonds. The van der Waals surface area contributed by atoms with Gasteiger partial charge in [0.15, 0.2) is 17.3 Å². The second kappa shape index (κ2) is 7.05. The summed E-state index contributed by atoms with van der Waals surface area (Å²) in [6, 6.07) is 23.9. The molecule has 0 aromatic heterocycles. The van der Waals surface area contributed by atoms with Crippen LogP contribution < -0.4 is 0 Å². The van der Waals surface area contributed by atoms with E-state index in [0.717, 1.165) is 10.8 Å². The van der Waals surface area contributed by atoms with Crippen LogP contribution in [0.4, 0.5) is 5.69 Å². The van der Waals surface area contributed by atoms with Crippen molar-refractivity contribution in [3.63, 3.8) is 0 Å². The van der Waals surface area contributed by atoms with E-state index in [0.29, 0.717) is 16.7 Å². The Morgan fingerprint density at radius 3 is 2.11 bits per heavy atom. The molecule has 1 aliphatic heterocycles. The van der Waals surface area contributed by atoms with E-state index in [4.69, 9.17) is 0 Å². The standard InChI is InChI=1S/C30H20N2O5/c1-31-16-24(18-9-4-10-19(15-18)32(36)37)29(26(33)20-11-2-3-12-21(20)27(29)34)30(31)23-14-6-8-17-7-5-13-22(25(17)23)28(30)35/h2-15,24H,16H2,1H3. The molecule has 180 valence electrons. The second-order valence-electron chi connectivity index (χ2n) is 10.0. The van der Waals surface area contributed by atoms with E-state index in [1.54, 1.807) is 49.5 Å². The minimum atomic E-state index is -1.81. The molecule has 0 saturated carbocycles. The Labute approximate surface area is 211 Å². The zero-order valence-electron chi connectivity index (χ0n) is 19.8. The Morgan fingerprint density at radius 1 is 0.811 bits per heavy atom. The molecule has 3 aliphatic rings. The SMILES string of the molecule is CN1CC(c2cccc([N+](=O)[O-])c2)C2(C(=O)c3ccccc3C2=O)C12C(=O)c1cccc3cccc2c13. The number of non-ortho nitro benzene ring substituents is 1. The van der Waals surface area contributed by atoms with Crippen LogP contribution in [0, 0.1) is 15.5 Å². The first kappa shape index (κ1) is 21.8. The molecule has 2 unspecified atom stereocenters. The average molecular weight is 488 g/mol. The lowest BCUT2D eigenvalue weighted by Gasteiger charge is -2.43. The van der Waals surface area contributed by atoms with Gasteiger partial charge in [0.2, 0.25) is 0 Å². The normalized spacial score (nSPS) is 23.5. The van der Waals surface area contributed by atoms with Crippen molar-refractivity contribution in [3.8, 4) is 0 Å². The van der Waals surface area contributed by atoms with Crippen LogP contribution in [0.2, 0.25) is 0 Å². The van der Waals surface area contributed by atoms with Gasteiger partial charge in [-0.2, -0.15) is 0 Å². The molecule has 2 atom stereocenters.